The number of likely N-dealkylation sites (tertiary alicyclic amines) is 1. The Labute approximate surface area is 336 Å². The van der Waals surface area contributed by atoms with E-state index in [2.05, 4.69) is 48.7 Å². The highest BCUT2D eigenvalue weighted by Gasteiger charge is 2.46. The molecule has 13 nitrogen and oxygen atoms in total. The van der Waals surface area contributed by atoms with E-state index in [0.29, 0.717) is 29.6 Å². The fourth-order valence-electron chi connectivity index (χ4n) is 7.79. The van der Waals surface area contributed by atoms with Gasteiger partial charge in [-0.15, -0.1) is 21.5 Å². The Bertz CT molecular complexity index is 2600. The van der Waals surface area contributed by atoms with E-state index in [1.165, 1.54) is 0 Å². The number of halogens is 1. The van der Waals surface area contributed by atoms with Crippen LogP contribution in [0.4, 0.5) is 0 Å². The van der Waals surface area contributed by atoms with Gasteiger partial charge in [0.05, 0.1) is 28.3 Å². The molecule has 0 aliphatic carbocycles. The van der Waals surface area contributed by atoms with Gasteiger partial charge in [0.2, 0.25) is 11.8 Å². The number of hydrogen-bond acceptors (Lipinski definition) is 11. The number of nitrogens with one attached hydrogen (secondary N) is 1. The van der Waals surface area contributed by atoms with Crippen molar-refractivity contribution < 1.29 is 23.9 Å². The molecular formula is C42H35ClN8O5S. The number of aryl methyl sites for hydroxylation is 1. The summed E-state index contributed by atoms with van der Waals surface area (Å²) in [6, 6.07) is 15.4. The standard InChI is InChI=1S/C42H35ClN8O5S/c1-22-33(57-42-35(22)37(27-8-10-28(43)11-9-27)45-23(2)38-48-47-24(3)50(38)42)15-13-29-12-7-25(17-44-29)18-49-19-26(20-49)21-56-32-6-4-5-30-36(32)41(55)51(40(30)54)31-14-16-34(52)46-39(31)53/h4-12,17,23,26,31H,14,16,18-21H2,1-3H3,(H,46,52,53)/t23-,31?/m0/s1. The SMILES string of the molecule is Cc1c(C#Cc2ccc(CN3CC(COc4cccc5c4C(=O)N(C4CCC(=O)NC4=O)C5=O)C3)cn2)sc2c1C(c1ccc(Cl)cc1)=N[C@@H](C)c1nnc(C)n1-2. The maximum atomic E-state index is 13.4. The van der Waals surface area contributed by atoms with Gasteiger partial charge in [-0.05, 0) is 80.5 Å². The van der Waals surface area contributed by atoms with Gasteiger partial charge >= 0.3 is 0 Å². The Hall–Kier alpha value is -6.01. The first-order valence-corrected chi connectivity index (χ1v) is 19.8. The van der Waals surface area contributed by atoms with Crippen molar-refractivity contribution >= 4 is 52.3 Å². The molecule has 0 bridgehead atoms. The maximum absolute atomic E-state index is 13.4. The molecular weight excluding hydrogens is 764 g/mol. The summed E-state index contributed by atoms with van der Waals surface area (Å²) in [5.41, 5.74) is 5.97. The smallest absolute Gasteiger partial charge is 0.266 e. The Morgan fingerprint density at radius 1 is 0.965 bits per heavy atom. The predicted molar refractivity (Wildman–Crippen MR) is 212 cm³/mol. The molecule has 7 heterocycles. The predicted octanol–water partition coefficient (Wildman–Crippen LogP) is 5.22. The number of aromatic nitrogens is 4. The Morgan fingerprint density at radius 2 is 1.77 bits per heavy atom. The van der Waals surface area contributed by atoms with Crippen LogP contribution in [-0.4, -0.2) is 84.6 Å². The third-order valence-corrected chi connectivity index (χ3v) is 12.1. The van der Waals surface area contributed by atoms with Crippen LogP contribution in [0.1, 0.15) is 91.0 Å². The maximum Gasteiger partial charge on any atom is 0.266 e. The lowest BCUT2D eigenvalue weighted by Crippen LogP contribution is -2.54. The molecule has 9 rings (SSSR count). The molecule has 286 valence electrons. The molecule has 0 radical (unpaired) electrons. The van der Waals surface area contributed by atoms with Crippen molar-refractivity contribution in [2.45, 2.75) is 52.2 Å². The lowest BCUT2D eigenvalue weighted by molar-refractivity contribution is -0.136. The van der Waals surface area contributed by atoms with Crippen LogP contribution in [0.15, 0.2) is 65.8 Å². The zero-order chi connectivity index (χ0) is 39.5. The van der Waals surface area contributed by atoms with Gasteiger partial charge in [-0.1, -0.05) is 35.9 Å². The number of hydrogen-bond donors (Lipinski definition) is 1. The highest BCUT2D eigenvalue weighted by atomic mass is 35.5. The summed E-state index contributed by atoms with van der Waals surface area (Å²) in [6.45, 7) is 8.73. The van der Waals surface area contributed by atoms with E-state index in [0.717, 1.165) is 67.5 Å². The quantitative estimate of drug-likeness (QED) is 0.173. The second kappa shape index (κ2) is 14.5. The van der Waals surface area contributed by atoms with Crippen molar-refractivity contribution in [1.29, 1.82) is 0 Å². The summed E-state index contributed by atoms with van der Waals surface area (Å²) in [5.74, 6) is 6.57. The zero-order valence-corrected chi connectivity index (χ0v) is 32.8. The van der Waals surface area contributed by atoms with Gasteiger partial charge in [0.15, 0.2) is 5.82 Å². The average Bonchev–Trinajstić information content (AvgIpc) is 3.78. The average molecular weight is 799 g/mol. The molecule has 15 heteroatoms. The van der Waals surface area contributed by atoms with Gasteiger partial charge in [-0.25, -0.2) is 4.98 Å². The van der Waals surface area contributed by atoms with Gasteiger partial charge in [-0.2, -0.15) is 0 Å². The number of piperidine rings is 1. The number of aliphatic imine (C=N–C) groups is 1. The number of imide groups is 2. The van der Waals surface area contributed by atoms with E-state index in [4.69, 9.17) is 21.3 Å². The monoisotopic (exact) mass is 798 g/mol. The molecule has 2 saturated heterocycles. The number of thiophene rings is 1. The molecule has 4 amide bonds. The Kier molecular flexibility index (Phi) is 9.31. The Morgan fingerprint density at radius 3 is 2.53 bits per heavy atom. The molecule has 4 aliphatic rings. The number of benzene rings is 2. The molecule has 2 atom stereocenters. The molecule has 2 aromatic carbocycles. The van der Waals surface area contributed by atoms with Gasteiger partial charge < -0.3 is 4.74 Å². The Balaban J connectivity index is 0.839. The minimum atomic E-state index is -1.03. The van der Waals surface area contributed by atoms with Crippen LogP contribution in [0.25, 0.3) is 5.00 Å². The summed E-state index contributed by atoms with van der Waals surface area (Å²) in [7, 11) is 0. The lowest BCUT2D eigenvalue weighted by Gasteiger charge is -2.39. The number of carbonyl (C=O) groups excluding carboxylic acids is 4. The van der Waals surface area contributed by atoms with E-state index in [1.54, 1.807) is 29.5 Å². The third-order valence-electron chi connectivity index (χ3n) is 10.7. The second-order valence-electron chi connectivity index (χ2n) is 14.6. The summed E-state index contributed by atoms with van der Waals surface area (Å²) >= 11 is 7.82. The number of ether oxygens (including phenoxy) is 1. The normalized spacial score (nSPS) is 19.2. The van der Waals surface area contributed by atoms with Crippen LogP contribution >= 0.6 is 22.9 Å². The van der Waals surface area contributed by atoms with Crippen molar-refractivity contribution in [1.82, 2.24) is 34.9 Å². The summed E-state index contributed by atoms with van der Waals surface area (Å²) in [6.07, 6.45) is 2.02. The fourth-order valence-corrected chi connectivity index (χ4v) is 9.14. The van der Waals surface area contributed by atoms with Gasteiger partial charge in [0.25, 0.3) is 11.8 Å². The third kappa shape index (κ3) is 6.61. The van der Waals surface area contributed by atoms with Crippen LogP contribution in [-0.2, 0) is 16.1 Å². The summed E-state index contributed by atoms with van der Waals surface area (Å²) in [5, 5.41) is 12.7. The second-order valence-corrected chi connectivity index (χ2v) is 16.1. The summed E-state index contributed by atoms with van der Waals surface area (Å²) in [4.78, 5) is 64.6. The van der Waals surface area contributed by atoms with Crippen molar-refractivity contribution in [2.24, 2.45) is 10.9 Å². The van der Waals surface area contributed by atoms with E-state index >= 15 is 0 Å². The van der Waals surface area contributed by atoms with Gasteiger partial charge in [0.1, 0.15) is 34.4 Å². The first kappa shape index (κ1) is 36.6. The molecule has 4 aliphatic heterocycles. The van der Waals surface area contributed by atoms with E-state index in [1.807, 2.05) is 56.4 Å². The number of nitrogens with zero attached hydrogens (tertiary/aromatic N) is 7. The molecule has 1 N–H and O–H groups in total. The molecule has 0 saturated carbocycles. The highest BCUT2D eigenvalue weighted by Crippen LogP contribution is 2.39. The summed E-state index contributed by atoms with van der Waals surface area (Å²) < 4.78 is 8.19. The highest BCUT2D eigenvalue weighted by molar-refractivity contribution is 7.15. The molecule has 0 spiro atoms. The molecule has 5 aromatic rings. The number of amides is 4. The lowest BCUT2D eigenvalue weighted by atomic mass is 9.99. The van der Waals surface area contributed by atoms with Crippen molar-refractivity contribution in [3.05, 3.63) is 121 Å². The van der Waals surface area contributed by atoms with Gasteiger partial charge in [0, 0.05) is 54.3 Å². The van der Waals surface area contributed by atoms with Crippen molar-refractivity contribution in [2.75, 3.05) is 19.7 Å². The topological polar surface area (TPSA) is 152 Å². The molecule has 3 aromatic heterocycles. The van der Waals surface area contributed by atoms with Crippen LogP contribution in [0.2, 0.25) is 5.02 Å². The molecule has 1 unspecified atom stereocenters. The first-order chi connectivity index (χ1) is 27.5. The molecule has 2 fully saturated rings. The van der Waals surface area contributed by atoms with Crippen LogP contribution in [0.5, 0.6) is 5.75 Å². The van der Waals surface area contributed by atoms with Crippen LogP contribution < -0.4 is 10.1 Å². The van der Waals surface area contributed by atoms with Crippen molar-refractivity contribution in [3.8, 4) is 22.6 Å². The van der Waals surface area contributed by atoms with E-state index < -0.39 is 29.7 Å². The number of pyridine rings is 1. The minimum Gasteiger partial charge on any atom is -0.492 e. The van der Waals surface area contributed by atoms with Crippen LogP contribution in [0, 0.1) is 31.6 Å². The van der Waals surface area contributed by atoms with Gasteiger partial charge in [-0.3, -0.25) is 43.9 Å². The first-order valence-electron chi connectivity index (χ1n) is 18.6. The fraction of sp³-hybridized carbons (Fsp3) is 0.286. The largest absolute Gasteiger partial charge is 0.492 e. The number of rotatable bonds is 7. The number of fused-ring (bicyclic) bond motifs is 4. The van der Waals surface area contributed by atoms with Crippen molar-refractivity contribution in [3.63, 3.8) is 0 Å². The zero-order valence-electron chi connectivity index (χ0n) is 31.2. The molecule has 57 heavy (non-hydrogen) atoms. The van der Waals surface area contributed by atoms with E-state index in [-0.39, 0.29) is 35.9 Å². The number of carbonyl (C=O) groups is 4. The van der Waals surface area contributed by atoms with E-state index in [9.17, 15) is 19.2 Å². The minimum absolute atomic E-state index is 0.0623. The van der Waals surface area contributed by atoms with Crippen LogP contribution in [0.3, 0.4) is 0 Å².